The van der Waals surface area contributed by atoms with Gasteiger partial charge in [-0.15, -0.1) is 0 Å². The molecule has 1 aliphatic carbocycles. The number of aryl methyl sites for hydroxylation is 1. The van der Waals surface area contributed by atoms with E-state index in [2.05, 4.69) is 71.1 Å². The number of guanidine groups is 1. The van der Waals surface area contributed by atoms with Crippen LogP contribution in [0.3, 0.4) is 0 Å². The molecule has 0 bridgehead atoms. The van der Waals surface area contributed by atoms with Gasteiger partial charge in [-0.3, -0.25) is 4.99 Å². The molecule has 5 heteroatoms. The van der Waals surface area contributed by atoms with E-state index >= 15 is 0 Å². The van der Waals surface area contributed by atoms with Crippen LogP contribution in [0.5, 0.6) is 5.75 Å². The molecule has 3 rings (SSSR count). The van der Waals surface area contributed by atoms with Gasteiger partial charge in [-0.2, -0.15) is 0 Å². The summed E-state index contributed by atoms with van der Waals surface area (Å²) in [5, 5.41) is 6.96. The van der Waals surface area contributed by atoms with Crippen molar-refractivity contribution in [1.29, 1.82) is 0 Å². The Morgan fingerprint density at radius 3 is 2.71 bits per heavy atom. The normalized spacial score (nSPS) is 18.6. The number of hydrogen-bond acceptors (Lipinski definition) is 3. The lowest BCUT2D eigenvalue weighted by atomic mass is 10.1. The number of methoxy groups -OCH3 is 1. The Morgan fingerprint density at radius 2 is 1.96 bits per heavy atom. The summed E-state index contributed by atoms with van der Waals surface area (Å²) in [5.41, 5.74) is 3.71. The topological polar surface area (TPSA) is 54.9 Å². The van der Waals surface area contributed by atoms with Gasteiger partial charge in [-0.05, 0) is 30.5 Å². The van der Waals surface area contributed by atoms with Crippen LogP contribution in [-0.4, -0.2) is 39.4 Å². The van der Waals surface area contributed by atoms with Crippen LogP contribution in [0.1, 0.15) is 35.4 Å². The van der Waals surface area contributed by atoms with Gasteiger partial charge >= 0.3 is 0 Å². The molecule has 1 aliphatic rings. The fraction of sp³-hybridized carbons (Fsp3) is 0.435. The van der Waals surface area contributed by atoms with Gasteiger partial charge in [-0.25, -0.2) is 0 Å². The molecule has 28 heavy (non-hydrogen) atoms. The minimum Gasteiger partial charge on any atom is -0.493 e. The summed E-state index contributed by atoms with van der Waals surface area (Å²) in [6.07, 6.45) is 2.02. The van der Waals surface area contributed by atoms with E-state index in [1.54, 1.807) is 7.11 Å². The van der Waals surface area contributed by atoms with Crippen molar-refractivity contribution in [2.45, 2.75) is 38.3 Å². The lowest BCUT2D eigenvalue weighted by Gasteiger charge is -2.15. The quantitative estimate of drug-likeness (QED) is 0.396. The van der Waals surface area contributed by atoms with Crippen LogP contribution < -0.4 is 15.4 Å². The molecule has 150 valence electrons. The summed E-state index contributed by atoms with van der Waals surface area (Å²) in [5.74, 6) is 2.32. The molecule has 0 aromatic heterocycles. The molecular formula is C23H31N3O2. The molecule has 0 saturated heterocycles. The molecule has 0 aliphatic heterocycles. The molecule has 2 atom stereocenters. The molecule has 2 aromatic rings. The maximum absolute atomic E-state index is 5.97. The van der Waals surface area contributed by atoms with Gasteiger partial charge in [0.2, 0.25) is 0 Å². The molecule has 0 heterocycles. The zero-order valence-corrected chi connectivity index (χ0v) is 17.1. The molecule has 2 aromatic carbocycles. The molecule has 0 radical (unpaired) electrons. The molecule has 5 nitrogen and oxygen atoms in total. The smallest absolute Gasteiger partial charge is 0.191 e. The standard InChI is InChI=1S/C23H31N3O2/c1-17-10-11-19(22(14-17)28-13-7-12-27-3)16-25-23(24-2)26-21-15-20(21)18-8-5-4-6-9-18/h4-6,8-11,14,20-21H,7,12-13,15-16H2,1-3H3,(H2,24,25,26). The Morgan fingerprint density at radius 1 is 1.14 bits per heavy atom. The first-order valence-electron chi connectivity index (χ1n) is 9.94. The van der Waals surface area contributed by atoms with Crippen molar-refractivity contribution in [2.75, 3.05) is 27.4 Å². The van der Waals surface area contributed by atoms with E-state index in [0.717, 1.165) is 30.1 Å². The molecule has 2 N–H and O–H groups in total. The second-order valence-electron chi connectivity index (χ2n) is 7.24. The zero-order valence-electron chi connectivity index (χ0n) is 17.1. The van der Waals surface area contributed by atoms with Crippen LogP contribution in [0, 0.1) is 6.92 Å². The van der Waals surface area contributed by atoms with Crippen molar-refractivity contribution in [3.63, 3.8) is 0 Å². The highest BCUT2D eigenvalue weighted by Crippen LogP contribution is 2.40. The first-order chi connectivity index (χ1) is 13.7. The predicted octanol–water partition coefficient (Wildman–Crippen LogP) is 3.63. The molecule has 2 unspecified atom stereocenters. The summed E-state index contributed by atoms with van der Waals surface area (Å²) in [7, 11) is 3.52. The number of ether oxygens (including phenoxy) is 2. The lowest BCUT2D eigenvalue weighted by molar-refractivity contribution is 0.172. The molecule has 0 amide bonds. The third-order valence-corrected chi connectivity index (χ3v) is 4.98. The summed E-state index contributed by atoms with van der Waals surface area (Å²) < 4.78 is 11.1. The molecular weight excluding hydrogens is 350 g/mol. The van der Waals surface area contributed by atoms with Gasteiger partial charge in [0.1, 0.15) is 5.75 Å². The van der Waals surface area contributed by atoms with Crippen molar-refractivity contribution >= 4 is 5.96 Å². The maximum Gasteiger partial charge on any atom is 0.191 e. The van der Waals surface area contributed by atoms with Crippen molar-refractivity contribution in [3.8, 4) is 5.75 Å². The fourth-order valence-electron chi connectivity index (χ4n) is 3.30. The fourth-order valence-corrected chi connectivity index (χ4v) is 3.30. The van der Waals surface area contributed by atoms with Crippen LogP contribution in [-0.2, 0) is 11.3 Å². The average molecular weight is 382 g/mol. The number of hydrogen-bond donors (Lipinski definition) is 2. The van der Waals surface area contributed by atoms with Gasteiger partial charge in [0.25, 0.3) is 0 Å². The van der Waals surface area contributed by atoms with Crippen LogP contribution in [0.2, 0.25) is 0 Å². The zero-order chi connectivity index (χ0) is 19.8. The van der Waals surface area contributed by atoms with Crippen molar-refractivity contribution < 1.29 is 9.47 Å². The number of nitrogens with zero attached hydrogens (tertiary/aromatic N) is 1. The monoisotopic (exact) mass is 381 g/mol. The van der Waals surface area contributed by atoms with Crippen molar-refractivity contribution in [1.82, 2.24) is 10.6 Å². The van der Waals surface area contributed by atoms with Gasteiger partial charge < -0.3 is 20.1 Å². The molecule has 1 fully saturated rings. The Balaban J connectivity index is 1.52. The second kappa shape index (κ2) is 10.1. The van der Waals surface area contributed by atoms with E-state index in [1.807, 2.05) is 7.05 Å². The van der Waals surface area contributed by atoms with Crippen LogP contribution in [0.15, 0.2) is 53.5 Å². The third-order valence-electron chi connectivity index (χ3n) is 4.98. The Hall–Kier alpha value is -2.53. The summed E-state index contributed by atoms with van der Waals surface area (Å²) in [4.78, 5) is 4.38. The first kappa shape index (κ1) is 20.2. The average Bonchev–Trinajstić information content (AvgIpc) is 3.49. The van der Waals surface area contributed by atoms with E-state index in [-0.39, 0.29) is 0 Å². The Labute approximate surface area is 168 Å². The summed E-state index contributed by atoms with van der Waals surface area (Å²) >= 11 is 0. The highest BCUT2D eigenvalue weighted by Gasteiger charge is 2.38. The van der Waals surface area contributed by atoms with Crippen molar-refractivity contribution in [2.24, 2.45) is 4.99 Å². The van der Waals surface area contributed by atoms with Gasteiger partial charge in [0.05, 0.1) is 6.61 Å². The first-order valence-corrected chi connectivity index (χ1v) is 9.94. The van der Waals surface area contributed by atoms with Crippen LogP contribution in [0.4, 0.5) is 0 Å². The Bertz CT molecular complexity index is 777. The molecule has 1 saturated carbocycles. The van der Waals surface area contributed by atoms with E-state index in [9.17, 15) is 0 Å². The number of benzene rings is 2. The lowest BCUT2D eigenvalue weighted by Crippen LogP contribution is -2.38. The van der Waals surface area contributed by atoms with E-state index < -0.39 is 0 Å². The summed E-state index contributed by atoms with van der Waals surface area (Å²) in [6, 6.07) is 17.4. The third kappa shape index (κ3) is 5.73. The maximum atomic E-state index is 5.97. The van der Waals surface area contributed by atoms with Crippen molar-refractivity contribution in [3.05, 3.63) is 65.2 Å². The van der Waals surface area contributed by atoms with Gasteiger partial charge in [0, 0.05) is 51.3 Å². The SMILES string of the molecule is CN=C(NCc1ccc(C)cc1OCCCOC)NC1CC1c1ccccc1. The van der Waals surface area contributed by atoms with Crippen LogP contribution >= 0.6 is 0 Å². The largest absolute Gasteiger partial charge is 0.493 e. The molecule has 0 spiro atoms. The minimum absolute atomic E-state index is 0.441. The second-order valence-corrected chi connectivity index (χ2v) is 7.24. The number of rotatable bonds is 9. The summed E-state index contributed by atoms with van der Waals surface area (Å²) in [6.45, 7) is 4.11. The van der Waals surface area contributed by atoms with E-state index in [1.165, 1.54) is 11.1 Å². The van der Waals surface area contributed by atoms with Gasteiger partial charge in [-0.1, -0.05) is 42.5 Å². The highest BCUT2D eigenvalue weighted by molar-refractivity contribution is 5.80. The highest BCUT2D eigenvalue weighted by atomic mass is 16.5. The predicted molar refractivity (Wildman–Crippen MR) is 114 cm³/mol. The number of nitrogens with one attached hydrogen (secondary N) is 2. The number of aliphatic imine (C=N–C) groups is 1. The Kier molecular flexibility index (Phi) is 7.31. The van der Waals surface area contributed by atoms with Crippen LogP contribution in [0.25, 0.3) is 0 Å². The van der Waals surface area contributed by atoms with E-state index in [4.69, 9.17) is 9.47 Å². The van der Waals surface area contributed by atoms with Gasteiger partial charge in [0.15, 0.2) is 5.96 Å². The van der Waals surface area contributed by atoms with E-state index in [0.29, 0.717) is 31.7 Å². The minimum atomic E-state index is 0.441.